The molecule has 116 valence electrons. The molecule has 2 rings (SSSR count). The molecule has 0 atom stereocenters. The number of carbonyl (C=O) groups excluding carboxylic acids is 1. The first kappa shape index (κ1) is 16.2. The number of carbonyl (C=O) groups is 1. The van der Waals surface area contributed by atoms with Crippen molar-refractivity contribution in [1.82, 2.24) is 5.32 Å². The van der Waals surface area contributed by atoms with Gasteiger partial charge in [-0.2, -0.15) is 0 Å². The molecule has 0 aliphatic carbocycles. The van der Waals surface area contributed by atoms with Crippen LogP contribution in [0, 0.1) is 6.92 Å². The van der Waals surface area contributed by atoms with E-state index in [-0.39, 0.29) is 6.03 Å². The Labute approximate surface area is 135 Å². The number of aryl methyl sites for hydroxylation is 1. The minimum atomic E-state index is -0.228. The van der Waals surface area contributed by atoms with Gasteiger partial charge in [-0.05, 0) is 31.2 Å². The molecule has 4 nitrogen and oxygen atoms in total. The van der Waals surface area contributed by atoms with Gasteiger partial charge in [0.05, 0.1) is 12.8 Å². The highest BCUT2D eigenvalue weighted by Crippen LogP contribution is 2.22. The average Bonchev–Trinajstić information content (AvgIpc) is 2.54. The summed E-state index contributed by atoms with van der Waals surface area (Å²) in [5, 5.41) is 5.62. The number of rotatable bonds is 6. The lowest BCUT2D eigenvalue weighted by Crippen LogP contribution is -2.30. The van der Waals surface area contributed by atoms with Gasteiger partial charge in [-0.15, -0.1) is 11.8 Å². The fourth-order valence-electron chi connectivity index (χ4n) is 1.88. The van der Waals surface area contributed by atoms with Crippen LogP contribution in [0.4, 0.5) is 10.5 Å². The number of para-hydroxylation sites is 2. The first-order valence-electron chi connectivity index (χ1n) is 7.06. The number of amides is 2. The van der Waals surface area contributed by atoms with Gasteiger partial charge >= 0.3 is 6.03 Å². The molecule has 2 aromatic rings. The maximum Gasteiger partial charge on any atom is 0.319 e. The fourth-order valence-corrected chi connectivity index (χ4v) is 2.65. The van der Waals surface area contributed by atoms with E-state index in [0.29, 0.717) is 18.0 Å². The van der Waals surface area contributed by atoms with Gasteiger partial charge < -0.3 is 15.4 Å². The van der Waals surface area contributed by atoms with Gasteiger partial charge in [-0.25, -0.2) is 4.79 Å². The Morgan fingerprint density at radius 1 is 1.14 bits per heavy atom. The fraction of sp³-hybridized carbons (Fsp3) is 0.235. The van der Waals surface area contributed by atoms with Crippen LogP contribution in [0.3, 0.4) is 0 Å². The van der Waals surface area contributed by atoms with Crippen molar-refractivity contribution in [2.45, 2.75) is 11.8 Å². The number of hydrogen-bond acceptors (Lipinski definition) is 3. The van der Waals surface area contributed by atoms with E-state index in [1.807, 2.05) is 18.2 Å². The van der Waals surface area contributed by atoms with Crippen LogP contribution in [-0.4, -0.2) is 25.4 Å². The Hall–Kier alpha value is -2.14. The Kier molecular flexibility index (Phi) is 6.15. The number of ether oxygens (including phenoxy) is 1. The Morgan fingerprint density at radius 3 is 2.59 bits per heavy atom. The highest BCUT2D eigenvalue weighted by molar-refractivity contribution is 7.99. The van der Waals surface area contributed by atoms with Crippen LogP contribution in [-0.2, 0) is 0 Å². The van der Waals surface area contributed by atoms with Crippen LogP contribution in [0.25, 0.3) is 0 Å². The van der Waals surface area contributed by atoms with Crippen molar-refractivity contribution in [3.63, 3.8) is 0 Å². The van der Waals surface area contributed by atoms with E-state index in [9.17, 15) is 4.79 Å². The maximum absolute atomic E-state index is 11.8. The minimum absolute atomic E-state index is 0.228. The smallest absolute Gasteiger partial charge is 0.319 e. The summed E-state index contributed by atoms with van der Waals surface area (Å²) in [6.45, 7) is 2.66. The van der Waals surface area contributed by atoms with Crippen molar-refractivity contribution in [1.29, 1.82) is 0 Å². The molecule has 0 radical (unpaired) electrons. The molecule has 0 spiro atoms. The molecule has 5 heteroatoms. The summed E-state index contributed by atoms with van der Waals surface area (Å²) in [5.41, 5.74) is 1.91. The van der Waals surface area contributed by atoms with Crippen LogP contribution >= 0.6 is 11.8 Å². The quantitative estimate of drug-likeness (QED) is 0.627. The van der Waals surface area contributed by atoms with Gasteiger partial charge in [-0.3, -0.25) is 0 Å². The lowest BCUT2D eigenvalue weighted by Gasteiger charge is -2.10. The van der Waals surface area contributed by atoms with E-state index in [1.54, 1.807) is 24.9 Å². The van der Waals surface area contributed by atoms with Crippen LogP contribution in [0.5, 0.6) is 5.75 Å². The Morgan fingerprint density at radius 2 is 1.86 bits per heavy atom. The number of anilines is 1. The van der Waals surface area contributed by atoms with Crippen molar-refractivity contribution < 1.29 is 9.53 Å². The van der Waals surface area contributed by atoms with E-state index >= 15 is 0 Å². The molecule has 0 fully saturated rings. The summed E-state index contributed by atoms with van der Waals surface area (Å²) in [4.78, 5) is 13.1. The Bertz CT molecular complexity index is 614. The lowest BCUT2D eigenvalue weighted by molar-refractivity contribution is 0.252. The molecule has 0 aromatic heterocycles. The average molecular weight is 316 g/mol. The van der Waals surface area contributed by atoms with Crippen molar-refractivity contribution in [3.8, 4) is 5.75 Å². The van der Waals surface area contributed by atoms with Gasteiger partial charge in [0, 0.05) is 17.2 Å². The Balaban J connectivity index is 1.72. The minimum Gasteiger partial charge on any atom is -0.495 e. The second-order valence-corrected chi connectivity index (χ2v) is 5.91. The van der Waals surface area contributed by atoms with E-state index in [0.717, 1.165) is 5.75 Å². The van der Waals surface area contributed by atoms with Gasteiger partial charge in [0.15, 0.2) is 0 Å². The van der Waals surface area contributed by atoms with Crippen molar-refractivity contribution in [2.24, 2.45) is 0 Å². The second kappa shape index (κ2) is 8.34. The molecule has 2 amide bonds. The number of hydrogen-bond donors (Lipinski definition) is 2. The van der Waals surface area contributed by atoms with E-state index in [2.05, 4.69) is 41.8 Å². The summed E-state index contributed by atoms with van der Waals surface area (Å²) in [7, 11) is 1.58. The summed E-state index contributed by atoms with van der Waals surface area (Å²) >= 11 is 1.72. The van der Waals surface area contributed by atoms with Crippen molar-refractivity contribution in [2.75, 3.05) is 24.7 Å². The predicted octanol–water partition coefficient (Wildman–Crippen LogP) is 3.92. The molecule has 2 N–H and O–H groups in total. The molecule has 22 heavy (non-hydrogen) atoms. The van der Waals surface area contributed by atoms with Crippen LogP contribution in [0.2, 0.25) is 0 Å². The zero-order chi connectivity index (χ0) is 15.8. The zero-order valence-corrected chi connectivity index (χ0v) is 13.6. The number of methoxy groups -OCH3 is 1. The van der Waals surface area contributed by atoms with Gasteiger partial charge in [0.1, 0.15) is 5.75 Å². The zero-order valence-electron chi connectivity index (χ0n) is 12.8. The van der Waals surface area contributed by atoms with E-state index < -0.39 is 0 Å². The van der Waals surface area contributed by atoms with Gasteiger partial charge in [-0.1, -0.05) is 29.8 Å². The molecule has 0 aliphatic heterocycles. The maximum atomic E-state index is 11.8. The van der Waals surface area contributed by atoms with E-state index in [4.69, 9.17) is 4.74 Å². The summed E-state index contributed by atoms with van der Waals surface area (Å²) < 4.78 is 5.19. The number of thioether (sulfide) groups is 1. The predicted molar refractivity (Wildman–Crippen MR) is 91.9 cm³/mol. The molecule has 0 unspecified atom stereocenters. The monoisotopic (exact) mass is 316 g/mol. The molecule has 0 heterocycles. The van der Waals surface area contributed by atoms with Crippen LogP contribution in [0.1, 0.15) is 5.56 Å². The summed E-state index contributed by atoms with van der Waals surface area (Å²) in [5.74, 6) is 1.47. The van der Waals surface area contributed by atoms with Crippen molar-refractivity contribution in [3.05, 3.63) is 54.1 Å². The van der Waals surface area contributed by atoms with Crippen LogP contribution < -0.4 is 15.4 Å². The number of nitrogens with one attached hydrogen (secondary N) is 2. The molecular weight excluding hydrogens is 296 g/mol. The van der Waals surface area contributed by atoms with E-state index in [1.165, 1.54) is 10.5 Å². The van der Waals surface area contributed by atoms with Gasteiger partial charge in [0.25, 0.3) is 0 Å². The van der Waals surface area contributed by atoms with Crippen molar-refractivity contribution >= 4 is 23.5 Å². The largest absolute Gasteiger partial charge is 0.495 e. The molecule has 0 saturated heterocycles. The second-order valence-electron chi connectivity index (χ2n) is 4.74. The number of benzene rings is 2. The molecule has 0 bridgehead atoms. The summed E-state index contributed by atoms with van der Waals surface area (Å²) in [6.07, 6.45) is 0. The lowest BCUT2D eigenvalue weighted by atomic mass is 10.2. The molecule has 0 aliphatic rings. The van der Waals surface area contributed by atoms with Gasteiger partial charge in [0.2, 0.25) is 0 Å². The summed E-state index contributed by atoms with van der Waals surface area (Å²) in [6, 6.07) is 15.5. The highest BCUT2D eigenvalue weighted by Gasteiger charge is 2.05. The topological polar surface area (TPSA) is 50.4 Å². The first-order valence-corrected chi connectivity index (χ1v) is 8.05. The molecule has 2 aromatic carbocycles. The first-order chi connectivity index (χ1) is 10.7. The standard InChI is InChI=1S/C17H20N2O2S/c1-13-7-9-14(10-8-13)22-12-11-18-17(20)19-15-5-3-4-6-16(15)21-2/h3-10H,11-12H2,1-2H3,(H2,18,19,20). The van der Waals surface area contributed by atoms with Crippen LogP contribution in [0.15, 0.2) is 53.4 Å². The third-order valence-electron chi connectivity index (χ3n) is 3.03. The third-order valence-corrected chi connectivity index (χ3v) is 4.05. The highest BCUT2D eigenvalue weighted by atomic mass is 32.2. The molecular formula is C17H20N2O2S. The SMILES string of the molecule is COc1ccccc1NC(=O)NCCSc1ccc(C)cc1. The normalized spacial score (nSPS) is 10.1. The third kappa shape index (κ3) is 5.00. The number of urea groups is 1. The molecule has 0 saturated carbocycles.